The molecule has 1 aromatic heterocycles. The van der Waals surface area contributed by atoms with Crippen LogP contribution in [0.25, 0.3) is 10.9 Å². The largest absolute Gasteiger partial charge is 0.493 e. The van der Waals surface area contributed by atoms with Crippen molar-refractivity contribution in [3.8, 4) is 11.5 Å². The Morgan fingerprint density at radius 3 is 2.61 bits per heavy atom. The molecule has 0 bridgehead atoms. The number of anilines is 1. The topological polar surface area (TPSA) is 75.4 Å². The van der Waals surface area contributed by atoms with Crippen LogP contribution in [0, 0.1) is 6.92 Å². The number of hydrogen-bond donors (Lipinski definition) is 3. The third-order valence-corrected chi connectivity index (χ3v) is 6.20. The van der Waals surface area contributed by atoms with Crippen LogP contribution in [0.3, 0.4) is 0 Å². The van der Waals surface area contributed by atoms with Gasteiger partial charge in [-0.3, -0.25) is 0 Å². The maximum absolute atomic E-state index is 12.8. The Balaban J connectivity index is 1.63. The first kappa shape index (κ1) is 22.6. The van der Waals surface area contributed by atoms with Gasteiger partial charge in [0.15, 0.2) is 11.5 Å². The second-order valence-corrected chi connectivity index (χ2v) is 8.11. The van der Waals surface area contributed by atoms with Crippen LogP contribution in [0.1, 0.15) is 22.6 Å². The van der Waals surface area contributed by atoms with Gasteiger partial charge < -0.3 is 25.1 Å². The van der Waals surface area contributed by atoms with Crippen LogP contribution in [0.4, 0.5) is 10.5 Å². The molecule has 0 aliphatic heterocycles. The second kappa shape index (κ2) is 9.88. The van der Waals surface area contributed by atoms with Gasteiger partial charge in [-0.1, -0.05) is 41.9 Å². The first-order valence-corrected chi connectivity index (χ1v) is 11.0. The van der Waals surface area contributed by atoms with Crippen molar-refractivity contribution in [2.24, 2.45) is 0 Å². The summed E-state index contributed by atoms with van der Waals surface area (Å²) in [6, 6.07) is 19.1. The number of urea groups is 1. The Morgan fingerprint density at radius 1 is 1.03 bits per heavy atom. The standard InChI is InChI=1S/C26H26ClN3O3/c1-16-21(27)8-6-10-22(16)30-26(31)29-14-19(17-11-12-24(32-2)25(13-17)33-3)20-15-28-23-9-5-4-7-18(20)23/h4-13,15,19,28H,14H2,1-3H3,(H2,29,30,31). The molecule has 4 rings (SSSR count). The van der Waals surface area contributed by atoms with Crippen LogP contribution in [0.5, 0.6) is 11.5 Å². The van der Waals surface area contributed by atoms with E-state index < -0.39 is 0 Å². The highest BCUT2D eigenvalue weighted by molar-refractivity contribution is 6.31. The first-order valence-electron chi connectivity index (χ1n) is 10.6. The fourth-order valence-corrected chi connectivity index (χ4v) is 4.14. The number of benzene rings is 3. The Morgan fingerprint density at radius 2 is 1.82 bits per heavy atom. The molecule has 33 heavy (non-hydrogen) atoms. The normalized spacial score (nSPS) is 11.8. The zero-order valence-electron chi connectivity index (χ0n) is 18.7. The number of ether oxygens (including phenoxy) is 2. The van der Waals surface area contributed by atoms with Crippen molar-refractivity contribution in [2.75, 3.05) is 26.1 Å². The van der Waals surface area contributed by atoms with Crippen molar-refractivity contribution in [1.29, 1.82) is 0 Å². The molecule has 2 amide bonds. The van der Waals surface area contributed by atoms with Gasteiger partial charge >= 0.3 is 6.03 Å². The summed E-state index contributed by atoms with van der Waals surface area (Å²) in [6.07, 6.45) is 1.99. The summed E-state index contributed by atoms with van der Waals surface area (Å²) in [5.74, 6) is 1.17. The van der Waals surface area contributed by atoms with E-state index in [2.05, 4.69) is 21.7 Å². The lowest BCUT2D eigenvalue weighted by atomic mass is 9.90. The van der Waals surface area contributed by atoms with Gasteiger partial charge in [-0.2, -0.15) is 0 Å². The Labute approximate surface area is 197 Å². The lowest BCUT2D eigenvalue weighted by Crippen LogP contribution is -2.33. The molecule has 3 aromatic carbocycles. The lowest BCUT2D eigenvalue weighted by molar-refractivity contribution is 0.252. The van der Waals surface area contributed by atoms with E-state index in [0.717, 1.165) is 27.6 Å². The fraction of sp³-hybridized carbons (Fsp3) is 0.192. The lowest BCUT2D eigenvalue weighted by Gasteiger charge is -2.20. The second-order valence-electron chi connectivity index (χ2n) is 7.70. The number of aromatic nitrogens is 1. The van der Waals surface area contributed by atoms with Gasteiger partial charge in [0.05, 0.1) is 14.2 Å². The monoisotopic (exact) mass is 463 g/mol. The van der Waals surface area contributed by atoms with Crippen LogP contribution in [0.2, 0.25) is 5.02 Å². The van der Waals surface area contributed by atoms with Crippen molar-refractivity contribution >= 4 is 34.2 Å². The maximum atomic E-state index is 12.8. The molecular weight excluding hydrogens is 438 g/mol. The molecule has 0 fully saturated rings. The predicted octanol–water partition coefficient (Wildman–Crippen LogP) is 6.10. The van der Waals surface area contributed by atoms with E-state index in [1.807, 2.05) is 61.7 Å². The summed E-state index contributed by atoms with van der Waals surface area (Å²) in [4.78, 5) is 16.1. The number of hydrogen-bond acceptors (Lipinski definition) is 3. The van der Waals surface area contributed by atoms with Crippen molar-refractivity contribution < 1.29 is 14.3 Å². The van der Waals surface area contributed by atoms with Crippen LogP contribution in [0.15, 0.2) is 66.9 Å². The van der Waals surface area contributed by atoms with E-state index in [4.69, 9.17) is 21.1 Å². The Hall–Kier alpha value is -3.64. The molecule has 0 saturated carbocycles. The van der Waals surface area contributed by atoms with Gasteiger partial charge in [0.1, 0.15) is 0 Å². The molecule has 4 aromatic rings. The number of H-pyrrole nitrogens is 1. The zero-order valence-corrected chi connectivity index (χ0v) is 19.5. The van der Waals surface area contributed by atoms with Crippen LogP contribution in [-0.2, 0) is 0 Å². The molecule has 1 unspecified atom stereocenters. The fourth-order valence-electron chi connectivity index (χ4n) is 3.96. The maximum Gasteiger partial charge on any atom is 0.319 e. The highest BCUT2D eigenvalue weighted by Crippen LogP contribution is 2.35. The minimum atomic E-state index is -0.300. The highest BCUT2D eigenvalue weighted by Gasteiger charge is 2.21. The summed E-state index contributed by atoms with van der Waals surface area (Å²) in [5, 5.41) is 7.62. The van der Waals surface area contributed by atoms with Gasteiger partial charge in [0.25, 0.3) is 0 Å². The number of halogens is 1. The van der Waals surface area contributed by atoms with Gasteiger partial charge in [-0.05, 0) is 53.9 Å². The third-order valence-electron chi connectivity index (χ3n) is 5.79. The molecule has 0 saturated heterocycles. The van der Waals surface area contributed by atoms with E-state index in [0.29, 0.717) is 28.8 Å². The number of carbonyl (C=O) groups is 1. The number of aromatic amines is 1. The molecular formula is C26H26ClN3O3. The van der Waals surface area contributed by atoms with Crippen LogP contribution in [-0.4, -0.2) is 31.8 Å². The molecule has 0 aliphatic rings. The summed E-state index contributed by atoms with van der Waals surface area (Å²) < 4.78 is 10.9. The van der Waals surface area contributed by atoms with Crippen molar-refractivity contribution in [3.63, 3.8) is 0 Å². The van der Waals surface area contributed by atoms with Gasteiger partial charge in [-0.25, -0.2) is 4.79 Å². The van der Waals surface area contributed by atoms with E-state index >= 15 is 0 Å². The zero-order chi connectivity index (χ0) is 23.4. The number of fused-ring (bicyclic) bond motifs is 1. The average Bonchev–Trinajstić information content (AvgIpc) is 3.26. The Kier molecular flexibility index (Phi) is 6.75. The number of rotatable bonds is 7. The van der Waals surface area contributed by atoms with Gasteiger partial charge in [0, 0.05) is 40.3 Å². The third kappa shape index (κ3) is 4.76. The molecule has 0 radical (unpaired) electrons. The number of methoxy groups -OCH3 is 2. The van der Waals surface area contributed by atoms with Crippen LogP contribution >= 0.6 is 11.6 Å². The number of amides is 2. The highest BCUT2D eigenvalue weighted by atomic mass is 35.5. The number of carbonyl (C=O) groups excluding carboxylic acids is 1. The minimum absolute atomic E-state index is 0.118. The summed E-state index contributed by atoms with van der Waals surface area (Å²) in [7, 11) is 3.22. The minimum Gasteiger partial charge on any atom is -0.493 e. The summed E-state index contributed by atoms with van der Waals surface area (Å²) in [6.45, 7) is 2.25. The van der Waals surface area contributed by atoms with E-state index in [9.17, 15) is 4.79 Å². The smallest absolute Gasteiger partial charge is 0.319 e. The molecule has 0 spiro atoms. The first-order chi connectivity index (χ1) is 16.0. The Bertz CT molecular complexity index is 1290. The van der Waals surface area contributed by atoms with Crippen molar-refractivity contribution in [3.05, 3.63) is 88.6 Å². The van der Waals surface area contributed by atoms with Crippen LogP contribution < -0.4 is 20.1 Å². The van der Waals surface area contributed by atoms with Gasteiger partial charge in [-0.15, -0.1) is 0 Å². The van der Waals surface area contributed by atoms with E-state index in [1.54, 1.807) is 20.3 Å². The quantitative estimate of drug-likeness (QED) is 0.310. The predicted molar refractivity (Wildman–Crippen MR) is 133 cm³/mol. The molecule has 1 atom stereocenters. The van der Waals surface area contributed by atoms with E-state index in [1.165, 1.54) is 0 Å². The molecule has 170 valence electrons. The summed E-state index contributed by atoms with van der Waals surface area (Å²) >= 11 is 6.18. The molecule has 6 nitrogen and oxygen atoms in total. The van der Waals surface area contributed by atoms with Crippen molar-refractivity contribution in [2.45, 2.75) is 12.8 Å². The van der Waals surface area contributed by atoms with E-state index in [-0.39, 0.29) is 11.9 Å². The SMILES string of the molecule is COc1ccc(C(CNC(=O)Nc2cccc(Cl)c2C)c2c[nH]c3ccccc23)cc1OC. The number of nitrogens with one attached hydrogen (secondary N) is 3. The molecule has 1 heterocycles. The average molecular weight is 464 g/mol. The summed E-state index contributed by atoms with van der Waals surface area (Å²) in [5.41, 5.74) is 4.61. The molecule has 3 N–H and O–H groups in total. The molecule has 7 heteroatoms. The number of para-hydroxylation sites is 1. The van der Waals surface area contributed by atoms with Crippen molar-refractivity contribution in [1.82, 2.24) is 10.3 Å². The van der Waals surface area contributed by atoms with Gasteiger partial charge in [0.2, 0.25) is 0 Å². The molecule has 0 aliphatic carbocycles.